The second-order valence-corrected chi connectivity index (χ2v) is 4.98. The topological polar surface area (TPSA) is 59.9 Å². The van der Waals surface area contributed by atoms with E-state index in [0.717, 1.165) is 5.56 Å². The molecular weight excluding hydrogens is 319 g/mol. The van der Waals surface area contributed by atoms with Gasteiger partial charge in [0.05, 0.1) is 0 Å². The molecule has 3 rings (SSSR count). The SMILES string of the molecule is Fc1ccccc1Oc1ncccc1CNc1ccc(Cl)nn1. The van der Waals surface area contributed by atoms with Gasteiger partial charge in [0.15, 0.2) is 16.7 Å². The molecule has 2 aromatic heterocycles. The number of halogens is 2. The molecule has 116 valence electrons. The molecule has 1 aromatic carbocycles. The number of hydrogen-bond donors (Lipinski definition) is 1. The third-order valence-corrected chi connectivity index (χ3v) is 3.19. The van der Waals surface area contributed by atoms with Gasteiger partial charge in [-0.2, -0.15) is 0 Å². The summed E-state index contributed by atoms with van der Waals surface area (Å²) < 4.78 is 19.3. The fourth-order valence-electron chi connectivity index (χ4n) is 1.88. The molecule has 0 amide bonds. The van der Waals surface area contributed by atoms with Crippen molar-refractivity contribution in [3.8, 4) is 11.6 Å². The Morgan fingerprint density at radius 3 is 2.70 bits per heavy atom. The molecule has 0 atom stereocenters. The van der Waals surface area contributed by atoms with Crippen molar-refractivity contribution in [1.29, 1.82) is 0 Å². The van der Waals surface area contributed by atoms with Crippen LogP contribution < -0.4 is 10.1 Å². The highest BCUT2D eigenvalue weighted by atomic mass is 35.5. The normalized spacial score (nSPS) is 10.3. The van der Waals surface area contributed by atoms with Crippen LogP contribution in [0.15, 0.2) is 54.7 Å². The van der Waals surface area contributed by atoms with E-state index < -0.39 is 5.82 Å². The van der Waals surface area contributed by atoms with Crippen LogP contribution in [-0.2, 0) is 6.54 Å². The molecule has 0 aliphatic carbocycles. The number of ether oxygens (including phenoxy) is 1. The van der Waals surface area contributed by atoms with Gasteiger partial charge in [-0.05, 0) is 30.3 Å². The Morgan fingerprint density at radius 2 is 1.91 bits per heavy atom. The minimum absolute atomic E-state index is 0.124. The zero-order valence-electron chi connectivity index (χ0n) is 11.9. The monoisotopic (exact) mass is 330 g/mol. The van der Waals surface area contributed by atoms with Crippen LogP contribution in [0, 0.1) is 5.82 Å². The lowest BCUT2D eigenvalue weighted by Gasteiger charge is -2.11. The Bertz CT molecular complexity index is 798. The van der Waals surface area contributed by atoms with Crippen LogP contribution in [-0.4, -0.2) is 15.2 Å². The zero-order chi connectivity index (χ0) is 16.1. The first-order chi connectivity index (χ1) is 11.2. The maximum Gasteiger partial charge on any atom is 0.224 e. The van der Waals surface area contributed by atoms with Crippen LogP contribution in [0.5, 0.6) is 11.6 Å². The Morgan fingerprint density at radius 1 is 1.04 bits per heavy atom. The number of nitrogens with one attached hydrogen (secondary N) is 1. The van der Waals surface area contributed by atoms with Crippen LogP contribution in [0.2, 0.25) is 5.15 Å². The number of anilines is 1. The highest BCUT2D eigenvalue weighted by Gasteiger charge is 2.09. The average Bonchev–Trinajstić information content (AvgIpc) is 2.57. The number of hydrogen-bond acceptors (Lipinski definition) is 5. The molecular formula is C16H12ClFN4O. The Labute approximate surface area is 137 Å². The molecule has 7 heteroatoms. The van der Waals surface area contributed by atoms with Crippen molar-refractivity contribution in [3.05, 3.63) is 71.3 Å². The highest BCUT2D eigenvalue weighted by Crippen LogP contribution is 2.25. The first-order valence-corrected chi connectivity index (χ1v) is 7.19. The van der Waals surface area contributed by atoms with Crippen molar-refractivity contribution in [2.75, 3.05) is 5.32 Å². The summed E-state index contributed by atoms with van der Waals surface area (Å²) in [5.41, 5.74) is 0.757. The number of pyridine rings is 1. The van der Waals surface area contributed by atoms with Gasteiger partial charge in [-0.15, -0.1) is 10.2 Å². The summed E-state index contributed by atoms with van der Waals surface area (Å²) in [6, 6.07) is 13.1. The Balaban J connectivity index is 1.75. The minimum Gasteiger partial charge on any atom is -0.436 e. The number of para-hydroxylation sites is 1. The molecule has 1 N–H and O–H groups in total. The molecule has 0 aliphatic rings. The van der Waals surface area contributed by atoms with Crippen molar-refractivity contribution in [2.45, 2.75) is 6.54 Å². The average molecular weight is 331 g/mol. The molecule has 0 radical (unpaired) electrons. The van der Waals surface area contributed by atoms with Crippen molar-refractivity contribution in [2.24, 2.45) is 0 Å². The van der Waals surface area contributed by atoms with E-state index in [1.54, 1.807) is 42.6 Å². The van der Waals surface area contributed by atoms with Crippen molar-refractivity contribution in [3.63, 3.8) is 0 Å². The summed E-state index contributed by atoms with van der Waals surface area (Å²) >= 11 is 5.69. The smallest absolute Gasteiger partial charge is 0.224 e. The fourth-order valence-corrected chi connectivity index (χ4v) is 1.98. The molecule has 0 saturated heterocycles. The van der Waals surface area contributed by atoms with E-state index in [1.165, 1.54) is 6.07 Å². The van der Waals surface area contributed by atoms with Crippen LogP contribution in [0.25, 0.3) is 0 Å². The molecule has 0 bridgehead atoms. The van der Waals surface area contributed by atoms with Gasteiger partial charge in [0.1, 0.15) is 5.82 Å². The number of nitrogens with zero attached hydrogens (tertiary/aromatic N) is 3. The molecule has 3 aromatic rings. The van der Waals surface area contributed by atoms with Gasteiger partial charge in [-0.25, -0.2) is 9.37 Å². The molecule has 0 spiro atoms. The third kappa shape index (κ3) is 3.92. The summed E-state index contributed by atoms with van der Waals surface area (Å²) in [6.45, 7) is 0.397. The molecule has 5 nitrogen and oxygen atoms in total. The van der Waals surface area contributed by atoms with E-state index in [2.05, 4.69) is 20.5 Å². The fraction of sp³-hybridized carbons (Fsp3) is 0.0625. The molecule has 0 saturated carbocycles. The predicted octanol–water partition coefficient (Wildman–Crippen LogP) is 4.07. The van der Waals surface area contributed by atoms with E-state index in [-0.39, 0.29) is 5.75 Å². The Kier molecular flexibility index (Phi) is 4.63. The van der Waals surface area contributed by atoms with Gasteiger partial charge in [-0.3, -0.25) is 0 Å². The maximum absolute atomic E-state index is 13.7. The summed E-state index contributed by atoms with van der Waals surface area (Å²) in [6.07, 6.45) is 1.59. The Hall–Kier alpha value is -2.73. The number of aromatic nitrogens is 3. The van der Waals surface area contributed by atoms with Crippen LogP contribution >= 0.6 is 11.6 Å². The lowest BCUT2D eigenvalue weighted by molar-refractivity contribution is 0.423. The van der Waals surface area contributed by atoms with Gasteiger partial charge in [0.2, 0.25) is 5.88 Å². The molecule has 2 heterocycles. The van der Waals surface area contributed by atoms with E-state index >= 15 is 0 Å². The van der Waals surface area contributed by atoms with Crippen LogP contribution in [0.3, 0.4) is 0 Å². The molecule has 0 aliphatic heterocycles. The zero-order valence-corrected chi connectivity index (χ0v) is 12.7. The maximum atomic E-state index is 13.7. The van der Waals surface area contributed by atoms with E-state index in [4.69, 9.17) is 16.3 Å². The van der Waals surface area contributed by atoms with Gasteiger partial charge in [0, 0.05) is 18.3 Å². The molecule has 0 fully saturated rings. The lowest BCUT2D eigenvalue weighted by Crippen LogP contribution is -2.04. The minimum atomic E-state index is -0.444. The number of rotatable bonds is 5. The summed E-state index contributed by atoms with van der Waals surface area (Å²) in [5, 5.41) is 11.1. The second kappa shape index (κ2) is 7.02. The van der Waals surface area contributed by atoms with Crippen molar-refractivity contribution < 1.29 is 9.13 Å². The molecule has 23 heavy (non-hydrogen) atoms. The second-order valence-electron chi connectivity index (χ2n) is 4.60. The van der Waals surface area contributed by atoms with E-state index in [1.807, 2.05) is 6.07 Å². The first kappa shape index (κ1) is 15.2. The largest absolute Gasteiger partial charge is 0.436 e. The van der Waals surface area contributed by atoms with Gasteiger partial charge < -0.3 is 10.1 Å². The molecule has 0 unspecified atom stereocenters. The van der Waals surface area contributed by atoms with Crippen LogP contribution in [0.4, 0.5) is 10.2 Å². The van der Waals surface area contributed by atoms with Gasteiger partial charge in [-0.1, -0.05) is 29.8 Å². The van der Waals surface area contributed by atoms with Gasteiger partial charge >= 0.3 is 0 Å². The van der Waals surface area contributed by atoms with E-state index in [9.17, 15) is 4.39 Å². The van der Waals surface area contributed by atoms with Crippen LogP contribution in [0.1, 0.15) is 5.56 Å². The highest BCUT2D eigenvalue weighted by molar-refractivity contribution is 6.29. The van der Waals surface area contributed by atoms with E-state index in [0.29, 0.717) is 23.4 Å². The standard InChI is InChI=1S/C16H12ClFN4O/c17-14-7-8-15(22-21-14)20-10-11-4-3-9-19-16(11)23-13-6-2-1-5-12(13)18/h1-9H,10H2,(H,20,22). The summed E-state index contributed by atoms with van der Waals surface area (Å²) in [5.74, 6) is 0.571. The number of benzene rings is 1. The quantitative estimate of drug-likeness (QED) is 0.764. The predicted molar refractivity (Wildman–Crippen MR) is 85.1 cm³/mol. The summed E-state index contributed by atoms with van der Waals surface area (Å²) in [4.78, 5) is 4.16. The third-order valence-electron chi connectivity index (χ3n) is 2.99. The van der Waals surface area contributed by atoms with Gasteiger partial charge in [0.25, 0.3) is 0 Å². The lowest BCUT2D eigenvalue weighted by atomic mass is 10.2. The first-order valence-electron chi connectivity index (χ1n) is 6.82. The van der Waals surface area contributed by atoms with Crippen molar-refractivity contribution in [1.82, 2.24) is 15.2 Å². The summed E-state index contributed by atoms with van der Waals surface area (Å²) in [7, 11) is 0. The van der Waals surface area contributed by atoms with Crippen molar-refractivity contribution >= 4 is 17.4 Å².